The van der Waals surface area contributed by atoms with Gasteiger partial charge >= 0.3 is 0 Å². The van der Waals surface area contributed by atoms with Gasteiger partial charge in [0.05, 0.1) is 0 Å². The van der Waals surface area contributed by atoms with E-state index in [4.69, 9.17) is 0 Å². The third-order valence-corrected chi connectivity index (χ3v) is 5.92. The second-order valence-electron chi connectivity index (χ2n) is 6.14. The van der Waals surface area contributed by atoms with Crippen molar-refractivity contribution in [1.29, 1.82) is 0 Å². The number of nitrogens with zero attached hydrogens (tertiary/aromatic N) is 2. The first-order valence-electron chi connectivity index (χ1n) is 7.90. The Balaban J connectivity index is 2.30. The number of hydrogen-bond acceptors (Lipinski definition) is 3. The molecule has 1 atom stereocenters. The Morgan fingerprint density at radius 3 is 2.59 bits per heavy atom. The second kappa shape index (κ2) is 7.08. The summed E-state index contributed by atoms with van der Waals surface area (Å²) in [4.78, 5) is 2.25. The van der Waals surface area contributed by atoms with Gasteiger partial charge in [0.2, 0.25) is 0 Å². The molecular formula is C16H27N3O2S. The van der Waals surface area contributed by atoms with Crippen molar-refractivity contribution >= 4 is 10.2 Å². The first-order chi connectivity index (χ1) is 10.4. The molecule has 0 spiro atoms. The van der Waals surface area contributed by atoms with Crippen LogP contribution in [0.4, 0.5) is 0 Å². The molecule has 1 aliphatic heterocycles. The lowest BCUT2D eigenvalue weighted by molar-refractivity contribution is 0.146. The first-order valence-corrected chi connectivity index (χ1v) is 9.34. The van der Waals surface area contributed by atoms with Crippen molar-refractivity contribution in [3.8, 4) is 0 Å². The van der Waals surface area contributed by atoms with Crippen molar-refractivity contribution < 1.29 is 8.42 Å². The van der Waals surface area contributed by atoms with Gasteiger partial charge in [-0.3, -0.25) is 4.90 Å². The van der Waals surface area contributed by atoms with Crippen LogP contribution in [0.15, 0.2) is 24.3 Å². The van der Waals surface area contributed by atoms with Crippen LogP contribution in [0.2, 0.25) is 0 Å². The SMILES string of the molecule is CCNS(=O)(=O)N1CCN(C)C(c2ccccc2C(C)C)C1. The van der Waals surface area contributed by atoms with Crippen molar-refractivity contribution in [3.63, 3.8) is 0 Å². The molecule has 1 aromatic carbocycles. The monoisotopic (exact) mass is 325 g/mol. The second-order valence-corrected chi connectivity index (χ2v) is 7.90. The van der Waals surface area contributed by atoms with Crippen LogP contribution in [0.5, 0.6) is 0 Å². The van der Waals surface area contributed by atoms with Crippen LogP contribution in [0, 0.1) is 0 Å². The molecular weight excluding hydrogens is 298 g/mol. The number of likely N-dealkylation sites (N-methyl/N-ethyl adjacent to an activating group) is 1. The summed E-state index contributed by atoms with van der Waals surface area (Å²) >= 11 is 0. The van der Waals surface area contributed by atoms with Gasteiger partial charge in [-0.1, -0.05) is 45.0 Å². The summed E-state index contributed by atoms with van der Waals surface area (Å²) in [7, 11) is -1.31. The van der Waals surface area contributed by atoms with Gasteiger partial charge in [0, 0.05) is 32.2 Å². The van der Waals surface area contributed by atoms with Gasteiger partial charge in [-0.25, -0.2) is 4.72 Å². The first kappa shape index (κ1) is 17.4. The van der Waals surface area contributed by atoms with Crippen molar-refractivity contribution in [2.75, 3.05) is 33.2 Å². The summed E-state index contributed by atoms with van der Waals surface area (Å²) in [6.45, 7) is 8.34. The molecule has 0 saturated carbocycles. The number of hydrogen-bond donors (Lipinski definition) is 1. The third kappa shape index (κ3) is 3.68. The zero-order chi connectivity index (χ0) is 16.3. The lowest BCUT2D eigenvalue weighted by Gasteiger charge is -2.39. The number of nitrogens with one attached hydrogen (secondary N) is 1. The molecule has 6 heteroatoms. The minimum atomic E-state index is -3.37. The van der Waals surface area contributed by atoms with Gasteiger partial charge in [0.25, 0.3) is 10.2 Å². The molecule has 0 aliphatic carbocycles. The minimum Gasteiger partial charge on any atom is -0.297 e. The summed E-state index contributed by atoms with van der Waals surface area (Å²) in [5.74, 6) is 0.422. The number of rotatable bonds is 5. The molecule has 1 saturated heterocycles. The molecule has 5 nitrogen and oxygen atoms in total. The Morgan fingerprint density at radius 2 is 1.95 bits per heavy atom. The highest BCUT2D eigenvalue weighted by Gasteiger charge is 2.33. The molecule has 0 amide bonds. The predicted octanol–water partition coefficient (Wildman–Crippen LogP) is 1.95. The maximum atomic E-state index is 12.3. The standard InChI is InChI=1S/C16H27N3O2S/c1-5-17-22(20,21)19-11-10-18(4)16(12-19)15-9-7-6-8-14(15)13(2)3/h6-9,13,16-17H,5,10-12H2,1-4H3. The van der Waals surface area contributed by atoms with Crippen LogP contribution in [0.1, 0.15) is 43.9 Å². The van der Waals surface area contributed by atoms with Gasteiger partial charge in [-0.15, -0.1) is 0 Å². The Bertz CT molecular complexity index is 601. The van der Waals surface area contributed by atoms with Gasteiger partial charge in [0.15, 0.2) is 0 Å². The van der Waals surface area contributed by atoms with Crippen LogP contribution in [0.25, 0.3) is 0 Å². The molecule has 0 bridgehead atoms. The molecule has 0 aromatic heterocycles. The number of piperazine rings is 1. The Kier molecular flexibility index (Phi) is 5.60. The molecule has 1 aliphatic rings. The highest BCUT2D eigenvalue weighted by Crippen LogP contribution is 2.31. The van der Waals surface area contributed by atoms with E-state index in [0.29, 0.717) is 25.6 Å². The molecule has 124 valence electrons. The van der Waals surface area contributed by atoms with E-state index >= 15 is 0 Å². The molecule has 2 rings (SSSR count). The average Bonchev–Trinajstić information content (AvgIpc) is 2.47. The average molecular weight is 325 g/mol. The largest absolute Gasteiger partial charge is 0.297 e. The van der Waals surface area contributed by atoms with Gasteiger partial charge in [-0.2, -0.15) is 12.7 Å². The van der Waals surface area contributed by atoms with E-state index in [-0.39, 0.29) is 6.04 Å². The summed E-state index contributed by atoms with van der Waals surface area (Å²) in [6.07, 6.45) is 0. The Labute approximate surface area is 134 Å². The quantitative estimate of drug-likeness (QED) is 0.900. The van der Waals surface area contributed by atoms with E-state index in [2.05, 4.69) is 48.7 Å². The normalized spacial score (nSPS) is 21.4. The van der Waals surface area contributed by atoms with E-state index in [0.717, 1.165) is 6.54 Å². The molecule has 1 unspecified atom stereocenters. The summed E-state index contributed by atoms with van der Waals surface area (Å²) in [5, 5.41) is 0. The van der Waals surface area contributed by atoms with Crippen molar-refractivity contribution in [2.24, 2.45) is 0 Å². The highest BCUT2D eigenvalue weighted by molar-refractivity contribution is 7.87. The topological polar surface area (TPSA) is 52.7 Å². The fourth-order valence-electron chi connectivity index (χ4n) is 3.02. The van der Waals surface area contributed by atoms with Gasteiger partial charge in [0.1, 0.15) is 0 Å². The summed E-state index contributed by atoms with van der Waals surface area (Å²) in [6, 6.07) is 8.45. The van der Waals surface area contributed by atoms with Crippen LogP contribution in [-0.4, -0.2) is 50.8 Å². The smallest absolute Gasteiger partial charge is 0.279 e. The minimum absolute atomic E-state index is 0.0979. The zero-order valence-electron chi connectivity index (χ0n) is 13.9. The van der Waals surface area contributed by atoms with E-state index in [1.807, 2.05) is 6.07 Å². The third-order valence-electron chi connectivity index (χ3n) is 4.25. The van der Waals surface area contributed by atoms with Crippen molar-refractivity contribution in [3.05, 3.63) is 35.4 Å². The summed E-state index contributed by atoms with van der Waals surface area (Å²) < 4.78 is 28.7. The van der Waals surface area contributed by atoms with Crippen LogP contribution in [-0.2, 0) is 10.2 Å². The van der Waals surface area contributed by atoms with Crippen molar-refractivity contribution in [1.82, 2.24) is 13.9 Å². The number of benzene rings is 1. The Hall–Kier alpha value is -0.950. The van der Waals surface area contributed by atoms with Gasteiger partial charge < -0.3 is 0 Å². The maximum absolute atomic E-state index is 12.3. The maximum Gasteiger partial charge on any atom is 0.279 e. The van der Waals surface area contributed by atoms with Crippen LogP contribution in [0.3, 0.4) is 0 Å². The van der Waals surface area contributed by atoms with E-state index in [1.54, 1.807) is 11.2 Å². The van der Waals surface area contributed by atoms with E-state index in [9.17, 15) is 8.42 Å². The van der Waals surface area contributed by atoms with Crippen LogP contribution >= 0.6 is 0 Å². The summed E-state index contributed by atoms with van der Waals surface area (Å²) in [5.41, 5.74) is 2.53. The molecule has 1 N–H and O–H groups in total. The van der Waals surface area contributed by atoms with E-state index in [1.165, 1.54) is 11.1 Å². The lowest BCUT2D eigenvalue weighted by atomic mass is 9.91. The predicted molar refractivity (Wildman–Crippen MR) is 90.1 cm³/mol. The Morgan fingerprint density at radius 1 is 1.27 bits per heavy atom. The van der Waals surface area contributed by atoms with Gasteiger partial charge in [-0.05, 0) is 24.1 Å². The lowest BCUT2D eigenvalue weighted by Crippen LogP contribution is -2.52. The molecule has 1 fully saturated rings. The molecule has 22 heavy (non-hydrogen) atoms. The van der Waals surface area contributed by atoms with E-state index < -0.39 is 10.2 Å². The fraction of sp³-hybridized carbons (Fsp3) is 0.625. The molecule has 1 aromatic rings. The zero-order valence-corrected chi connectivity index (χ0v) is 14.7. The van der Waals surface area contributed by atoms with Crippen LogP contribution < -0.4 is 4.72 Å². The fourth-order valence-corrected chi connectivity index (χ4v) is 4.22. The highest BCUT2D eigenvalue weighted by atomic mass is 32.2. The molecule has 1 heterocycles. The van der Waals surface area contributed by atoms with Crippen molar-refractivity contribution in [2.45, 2.75) is 32.7 Å². The molecule has 0 radical (unpaired) electrons.